The van der Waals surface area contributed by atoms with Crippen molar-refractivity contribution in [1.82, 2.24) is 14.9 Å². The van der Waals surface area contributed by atoms with Crippen molar-refractivity contribution >= 4 is 16.7 Å². The van der Waals surface area contributed by atoms with Crippen molar-refractivity contribution in [1.29, 1.82) is 0 Å². The standard InChI is InChI=1S/C28H35F3N4O5/c1-16-32-21-13-23(37-6)24(39-15-18-14-35(5)10-11-38-18)12-19(21)26(33-16)34-17(2)40-22-9-7-8-20(25(22)29)28(30,31)27(3,4)36/h7-9,12-13,17-18,36H,10-11,14-15H2,1-6H3,(H,32,33,34)/t17-,18?/m1/s1. The molecule has 0 aliphatic carbocycles. The predicted octanol–water partition coefficient (Wildman–Crippen LogP) is 4.49. The molecule has 1 aromatic heterocycles. The first-order valence-corrected chi connectivity index (χ1v) is 12.9. The van der Waals surface area contributed by atoms with Crippen molar-refractivity contribution in [2.24, 2.45) is 0 Å². The highest BCUT2D eigenvalue weighted by Crippen LogP contribution is 2.42. The summed E-state index contributed by atoms with van der Waals surface area (Å²) in [6, 6.07) is 6.87. The first-order valence-electron chi connectivity index (χ1n) is 12.9. The third-order valence-corrected chi connectivity index (χ3v) is 6.57. The highest BCUT2D eigenvalue weighted by Gasteiger charge is 2.49. The summed E-state index contributed by atoms with van der Waals surface area (Å²) in [6.45, 7) is 7.66. The summed E-state index contributed by atoms with van der Waals surface area (Å²) < 4.78 is 67.5. The van der Waals surface area contributed by atoms with Crippen LogP contribution in [0.3, 0.4) is 0 Å². The molecule has 1 aliphatic heterocycles. The zero-order valence-corrected chi connectivity index (χ0v) is 23.4. The van der Waals surface area contributed by atoms with Gasteiger partial charge in [0.25, 0.3) is 0 Å². The fourth-order valence-corrected chi connectivity index (χ4v) is 4.37. The summed E-state index contributed by atoms with van der Waals surface area (Å²) in [5.41, 5.74) is -2.87. The number of ether oxygens (including phenoxy) is 4. The Labute approximate surface area is 231 Å². The van der Waals surface area contributed by atoms with Gasteiger partial charge in [-0.1, -0.05) is 6.07 Å². The number of hydrogen-bond acceptors (Lipinski definition) is 9. The quantitative estimate of drug-likeness (QED) is 0.345. The van der Waals surface area contributed by atoms with Gasteiger partial charge in [0.2, 0.25) is 0 Å². The van der Waals surface area contributed by atoms with E-state index >= 15 is 4.39 Å². The number of aromatic nitrogens is 2. The molecule has 0 spiro atoms. The summed E-state index contributed by atoms with van der Waals surface area (Å²) >= 11 is 0. The van der Waals surface area contributed by atoms with Crippen LogP contribution in [0.1, 0.15) is 32.2 Å². The summed E-state index contributed by atoms with van der Waals surface area (Å²) in [7, 11) is 3.56. The van der Waals surface area contributed by atoms with Gasteiger partial charge in [-0.15, -0.1) is 0 Å². The van der Waals surface area contributed by atoms with Gasteiger partial charge >= 0.3 is 5.92 Å². The number of nitrogens with zero attached hydrogens (tertiary/aromatic N) is 3. The average molecular weight is 565 g/mol. The maximum absolute atomic E-state index is 15.1. The first-order chi connectivity index (χ1) is 18.8. The fraction of sp³-hybridized carbons (Fsp3) is 0.500. The number of likely N-dealkylation sites (N-methyl/N-ethyl adjacent to an activating group) is 1. The summed E-state index contributed by atoms with van der Waals surface area (Å²) in [6.07, 6.45) is -0.996. The lowest BCUT2D eigenvalue weighted by Crippen LogP contribution is -2.42. The van der Waals surface area contributed by atoms with E-state index in [0.717, 1.165) is 33.0 Å². The van der Waals surface area contributed by atoms with Gasteiger partial charge in [-0.3, -0.25) is 0 Å². The maximum atomic E-state index is 15.1. The molecular formula is C28H35F3N4O5. The number of alkyl halides is 2. The molecule has 2 heterocycles. The number of morpholine rings is 1. The highest BCUT2D eigenvalue weighted by molar-refractivity contribution is 5.91. The summed E-state index contributed by atoms with van der Waals surface area (Å²) in [5.74, 6) is -3.74. The lowest BCUT2D eigenvalue weighted by molar-refractivity contribution is -0.170. The van der Waals surface area contributed by atoms with Gasteiger partial charge in [0.15, 0.2) is 29.3 Å². The molecule has 0 saturated carbocycles. The number of halogens is 3. The molecule has 2 atom stereocenters. The van der Waals surface area contributed by atoms with E-state index in [1.54, 1.807) is 26.0 Å². The average Bonchev–Trinajstić information content (AvgIpc) is 2.87. The van der Waals surface area contributed by atoms with E-state index in [0.29, 0.717) is 47.3 Å². The van der Waals surface area contributed by atoms with Crippen LogP contribution < -0.4 is 19.5 Å². The lowest BCUT2D eigenvalue weighted by Gasteiger charge is -2.30. The van der Waals surface area contributed by atoms with Crippen LogP contribution in [0.5, 0.6) is 17.2 Å². The van der Waals surface area contributed by atoms with Crippen LogP contribution in [0.4, 0.5) is 19.0 Å². The van der Waals surface area contributed by atoms with E-state index in [1.807, 2.05) is 7.05 Å². The number of aliphatic hydroxyl groups is 1. The first kappa shape index (κ1) is 29.6. The molecule has 4 rings (SSSR count). The van der Waals surface area contributed by atoms with Crippen LogP contribution in [-0.2, 0) is 10.7 Å². The minimum absolute atomic E-state index is 0.103. The van der Waals surface area contributed by atoms with Gasteiger partial charge in [-0.05, 0) is 52.9 Å². The molecule has 12 heteroatoms. The van der Waals surface area contributed by atoms with Crippen LogP contribution in [0.25, 0.3) is 10.9 Å². The maximum Gasteiger partial charge on any atom is 0.303 e. The van der Waals surface area contributed by atoms with Gasteiger partial charge in [0.1, 0.15) is 30.0 Å². The predicted molar refractivity (Wildman–Crippen MR) is 144 cm³/mol. The van der Waals surface area contributed by atoms with Crippen molar-refractivity contribution in [2.45, 2.75) is 51.6 Å². The van der Waals surface area contributed by atoms with Crippen LogP contribution in [0, 0.1) is 12.7 Å². The number of hydrogen-bond donors (Lipinski definition) is 2. The monoisotopic (exact) mass is 564 g/mol. The molecule has 1 unspecified atom stereocenters. The number of nitrogens with one attached hydrogen (secondary N) is 1. The Kier molecular flexibility index (Phi) is 8.62. The molecule has 9 nitrogen and oxygen atoms in total. The van der Waals surface area contributed by atoms with E-state index in [4.69, 9.17) is 18.9 Å². The molecular weight excluding hydrogens is 529 g/mol. The highest BCUT2D eigenvalue weighted by atomic mass is 19.3. The minimum Gasteiger partial charge on any atom is -0.493 e. The Morgan fingerprint density at radius 1 is 1.20 bits per heavy atom. The van der Waals surface area contributed by atoms with Crippen molar-refractivity contribution in [3.8, 4) is 17.2 Å². The molecule has 0 amide bonds. The van der Waals surface area contributed by atoms with Crippen molar-refractivity contribution in [3.63, 3.8) is 0 Å². The third-order valence-electron chi connectivity index (χ3n) is 6.57. The number of methoxy groups -OCH3 is 1. The van der Waals surface area contributed by atoms with E-state index in [1.165, 1.54) is 19.2 Å². The Morgan fingerprint density at radius 3 is 2.62 bits per heavy atom. The molecule has 218 valence electrons. The Morgan fingerprint density at radius 2 is 1.95 bits per heavy atom. The van der Waals surface area contributed by atoms with Crippen LogP contribution in [0.2, 0.25) is 0 Å². The van der Waals surface area contributed by atoms with E-state index in [-0.39, 0.29) is 6.10 Å². The van der Waals surface area contributed by atoms with Crippen LogP contribution >= 0.6 is 0 Å². The zero-order valence-electron chi connectivity index (χ0n) is 23.4. The number of fused-ring (bicyclic) bond motifs is 1. The molecule has 40 heavy (non-hydrogen) atoms. The van der Waals surface area contributed by atoms with Gasteiger partial charge < -0.3 is 34.3 Å². The second-order valence-corrected chi connectivity index (χ2v) is 10.4. The normalized spacial score (nSPS) is 17.5. The molecule has 0 radical (unpaired) electrons. The topological polar surface area (TPSA) is 98.2 Å². The smallest absolute Gasteiger partial charge is 0.303 e. The summed E-state index contributed by atoms with van der Waals surface area (Å²) in [5, 5.41) is 13.5. The van der Waals surface area contributed by atoms with Crippen LogP contribution in [-0.4, -0.2) is 78.4 Å². The summed E-state index contributed by atoms with van der Waals surface area (Å²) in [4.78, 5) is 11.1. The second-order valence-electron chi connectivity index (χ2n) is 10.4. The van der Waals surface area contributed by atoms with E-state index in [9.17, 15) is 13.9 Å². The number of aryl methyl sites for hydroxylation is 1. The largest absolute Gasteiger partial charge is 0.493 e. The number of rotatable bonds is 10. The third kappa shape index (κ3) is 6.34. The van der Waals surface area contributed by atoms with Crippen molar-refractivity contribution in [3.05, 3.63) is 47.5 Å². The SMILES string of the molecule is COc1cc2nc(C)nc(N[C@@H](C)Oc3cccc(C(F)(F)C(C)(C)O)c3F)c2cc1OCC1CN(C)CCO1. The van der Waals surface area contributed by atoms with Crippen LogP contribution in [0.15, 0.2) is 30.3 Å². The lowest BCUT2D eigenvalue weighted by atomic mass is 9.93. The zero-order chi connectivity index (χ0) is 29.2. The number of benzene rings is 2. The molecule has 1 saturated heterocycles. The van der Waals surface area contributed by atoms with Gasteiger partial charge in [0.05, 0.1) is 24.8 Å². The molecule has 0 bridgehead atoms. The Bertz CT molecular complexity index is 1350. The van der Waals surface area contributed by atoms with E-state index in [2.05, 4.69) is 20.2 Å². The van der Waals surface area contributed by atoms with Gasteiger partial charge in [0, 0.05) is 24.5 Å². The van der Waals surface area contributed by atoms with Gasteiger partial charge in [-0.2, -0.15) is 8.78 Å². The molecule has 2 N–H and O–H groups in total. The molecule has 2 aromatic carbocycles. The van der Waals surface area contributed by atoms with Crippen molar-refractivity contribution in [2.75, 3.05) is 45.8 Å². The molecule has 3 aromatic rings. The Hall–Kier alpha value is -3.35. The fourth-order valence-electron chi connectivity index (χ4n) is 4.37. The van der Waals surface area contributed by atoms with E-state index < -0.39 is 34.9 Å². The van der Waals surface area contributed by atoms with Gasteiger partial charge in [-0.25, -0.2) is 14.4 Å². The second kappa shape index (κ2) is 11.6. The number of anilines is 1. The minimum atomic E-state index is -3.85. The Balaban J connectivity index is 1.59. The molecule has 1 aliphatic rings. The molecule has 1 fully saturated rings. The van der Waals surface area contributed by atoms with Crippen molar-refractivity contribution < 1.29 is 37.2 Å².